The number of anilines is 1. The number of nitrogens with zero attached hydrogens (tertiary/aromatic N) is 4. The van der Waals surface area contributed by atoms with Crippen molar-refractivity contribution in [2.75, 3.05) is 25.3 Å². The summed E-state index contributed by atoms with van der Waals surface area (Å²) in [5.41, 5.74) is 5.44. The number of esters is 2. The first-order valence-corrected chi connectivity index (χ1v) is 13.5. The van der Waals surface area contributed by atoms with Crippen LogP contribution >= 0.6 is 7.52 Å². The van der Waals surface area contributed by atoms with E-state index in [-0.39, 0.29) is 24.4 Å². The van der Waals surface area contributed by atoms with Gasteiger partial charge in [0.15, 0.2) is 18.1 Å². The third kappa shape index (κ3) is 8.81. The van der Waals surface area contributed by atoms with Crippen molar-refractivity contribution < 1.29 is 32.9 Å². The van der Waals surface area contributed by atoms with E-state index >= 15 is 0 Å². The number of hydrogen-bond donors (Lipinski definition) is 2. The molecule has 2 heterocycles. The summed E-state index contributed by atoms with van der Waals surface area (Å²) in [5, 5.41) is 2.72. The Morgan fingerprint density at radius 3 is 2.50 bits per heavy atom. The fourth-order valence-electron chi connectivity index (χ4n) is 3.04. The molecule has 2 atom stereocenters. The van der Waals surface area contributed by atoms with Crippen molar-refractivity contribution in [1.29, 1.82) is 0 Å². The highest BCUT2D eigenvalue weighted by atomic mass is 31.2. The summed E-state index contributed by atoms with van der Waals surface area (Å²) in [7, 11) is -3.88. The molecule has 0 saturated heterocycles. The SMILES string of the molecule is CC(C)COC(=O)C(C)(C)NP(=O)(COC(C)Cn1cnc2c(N)ncnc21)OCC(=O)OC(C)C. The topological polar surface area (TPSA) is 170 Å². The Hall–Kier alpha value is -2.60. The van der Waals surface area contributed by atoms with Gasteiger partial charge in [-0.3, -0.25) is 9.36 Å². The van der Waals surface area contributed by atoms with E-state index in [1.807, 2.05) is 13.8 Å². The van der Waals surface area contributed by atoms with Crippen LogP contribution in [0.5, 0.6) is 0 Å². The summed E-state index contributed by atoms with van der Waals surface area (Å²) in [5.74, 6) is -0.917. The van der Waals surface area contributed by atoms with E-state index in [0.717, 1.165) is 0 Å². The molecule has 2 unspecified atom stereocenters. The van der Waals surface area contributed by atoms with E-state index in [2.05, 4.69) is 20.0 Å². The van der Waals surface area contributed by atoms with Gasteiger partial charge in [0.2, 0.25) is 0 Å². The number of carbonyl (C=O) groups is 2. The predicted octanol–water partition coefficient (Wildman–Crippen LogP) is 2.50. The van der Waals surface area contributed by atoms with Crippen molar-refractivity contribution in [3.63, 3.8) is 0 Å². The second kappa shape index (κ2) is 12.6. The lowest BCUT2D eigenvalue weighted by atomic mass is 10.1. The maximum Gasteiger partial charge on any atom is 0.332 e. The lowest BCUT2D eigenvalue weighted by molar-refractivity contribution is -0.150. The average Bonchev–Trinajstić information content (AvgIpc) is 3.18. The third-order valence-corrected chi connectivity index (χ3v) is 6.61. The molecule has 2 aromatic heterocycles. The standard InChI is InChI=1S/C22H37N6O7P/c1-14(2)9-32-21(30)22(6,7)27-36(31,34-10-17(29)35-15(3)4)13-33-16(5)8-28-12-26-18-19(23)24-11-25-20(18)28/h11-12,14-16H,8-10,13H2,1-7H3,(H,27,31)(H2,23,24,25). The number of ether oxygens (including phenoxy) is 3. The Kier molecular flexibility index (Phi) is 10.4. The first-order valence-electron chi connectivity index (χ1n) is 11.6. The second-order valence-corrected chi connectivity index (χ2v) is 11.7. The minimum Gasteiger partial charge on any atom is -0.464 e. The van der Waals surface area contributed by atoms with Crippen molar-refractivity contribution in [2.45, 2.75) is 72.8 Å². The van der Waals surface area contributed by atoms with Crippen molar-refractivity contribution >= 4 is 36.4 Å². The highest BCUT2D eigenvalue weighted by Crippen LogP contribution is 2.45. The van der Waals surface area contributed by atoms with E-state index in [1.165, 1.54) is 20.2 Å². The molecule has 3 N–H and O–H groups in total. The highest BCUT2D eigenvalue weighted by Gasteiger charge is 2.39. The van der Waals surface area contributed by atoms with E-state index in [0.29, 0.717) is 17.7 Å². The average molecular weight is 529 g/mol. The number of rotatable bonds is 14. The van der Waals surface area contributed by atoms with Gasteiger partial charge in [0.05, 0.1) is 31.7 Å². The molecular formula is C22H37N6O7P. The molecule has 0 fully saturated rings. The molecule has 2 rings (SSSR count). The van der Waals surface area contributed by atoms with Crippen molar-refractivity contribution in [1.82, 2.24) is 24.6 Å². The molecule has 0 saturated carbocycles. The van der Waals surface area contributed by atoms with Gasteiger partial charge in [-0.1, -0.05) is 13.8 Å². The number of nitrogen functional groups attached to an aromatic ring is 1. The van der Waals surface area contributed by atoms with Crippen molar-refractivity contribution in [3.8, 4) is 0 Å². The summed E-state index contributed by atoms with van der Waals surface area (Å²) in [4.78, 5) is 36.9. The van der Waals surface area contributed by atoms with Crippen LogP contribution in [-0.4, -0.2) is 68.8 Å². The molecular weight excluding hydrogens is 491 g/mol. The Morgan fingerprint density at radius 2 is 1.86 bits per heavy atom. The summed E-state index contributed by atoms with van der Waals surface area (Å²) >= 11 is 0. The zero-order chi connectivity index (χ0) is 27.1. The molecule has 0 aliphatic rings. The van der Waals surface area contributed by atoms with Gasteiger partial charge < -0.3 is 29.0 Å². The van der Waals surface area contributed by atoms with Crippen molar-refractivity contribution in [3.05, 3.63) is 12.7 Å². The molecule has 0 aromatic carbocycles. The highest BCUT2D eigenvalue weighted by molar-refractivity contribution is 7.56. The zero-order valence-electron chi connectivity index (χ0n) is 21.9. The van der Waals surface area contributed by atoms with Crippen LogP contribution in [0.3, 0.4) is 0 Å². The molecule has 14 heteroatoms. The first kappa shape index (κ1) is 29.6. The van der Waals surface area contributed by atoms with Crippen LogP contribution in [0.1, 0.15) is 48.5 Å². The number of hydrogen-bond acceptors (Lipinski definition) is 11. The smallest absolute Gasteiger partial charge is 0.332 e. The minimum absolute atomic E-state index is 0.127. The fourth-order valence-corrected chi connectivity index (χ4v) is 4.95. The van der Waals surface area contributed by atoms with Gasteiger partial charge in [-0.2, -0.15) is 0 Å². The number of aromatic nitrogens is 4. The van der Waals surface area contributed by atoms with Crippen LogP contribution in [0, 0.1) is 5.92 Å². The molecule has 13 nitrogen and oxygen atoms in total. The van der Waals surface area contributed by atoms with E-state index in [1.54, 1.807) is 31.7 Å². The molecule has 0 aliphatic heterocycles. The first-order chi connectivity index (χ1) is 16.7. The molecule has 202 valence electrons. The fraction of sp³-hybridized carbons (Fsp3) is 0.682. The monoisotopic (exact) mass is 528 g/mol. The Labute approximate surface area is 210 Å². The number of nitrogens with two attached hydrogens (primary N) is 1. The molecule has 0 spiro atoms. The van der Waals surface area contributed by atoms with E-state index in [9.17, 15) is 14.2 Å². The quantitative estimate of drug-likeness (QED) is 0.272. The molecule has 0 aliphatic carbocycles. The summed E-state index contributed by atoms with van der Waals surface area (Å²) in [6.45, 7) is 11.9. The second-order valence-electron chi connectivity index (χ2n) is 9.65. The van der Waals surface area contributed by atoms with Gasteiger partial charge in [0.1, 0.15) is 23.7 Å². The molecule has 2 aromatic rings. The predicted molar refractivity (Wildman–Crippen MR) is 133 cm³/mol. The summed E-state index contributed by atoms with van der Waals surface area (Å²) in [6, 6.07) is 0. The maximum absolute atomic E-state index is 13.7. The molecule has 36 heavy (non-hydrogen) atoms. The number of fused-ring (bicyclic) bond motifs is 1. The lowest BCUT2D eigenvalue weighted by Crippen LogP contribution is -2.47. The number of nitrogens with one attached hydrogen (secondary N) is 1. The molecule has 0 amide bonds. The normalized spacial score (nSPS) is 14.7. The summed E-state index contributed by atoms with van der Waals surface area (Å²) < 4.78 is 37.0. The van der Waals surface area contributed by atoms with Crippen molar-refractivity contribution in [2.24, 2.45) is 5.92 Å². The van der Waals surface area contributed by atoms with Gasteiger partial charge in [0.25, 0.3) is 7.52 Å². The van der Waals surface area contributed by atoms with Crippen LogP contribution in [0.4, 0.5) is 5.82 Å². The Bertz CT molecular complexity index is 1090. The lowest BCUT2D eigenvalue weighted by Gasteiger charge is -2.30. The Balaban J connectivity index is 2.11. The molecule has 0 bridgehead atoms. The van der Waals surface area contributed by atoms with Crippen LogP contribution in [0.25, 0.3) is 11.2 Å². The maximum atomic E-state index is 13.7. The van der Waals surface area contributed by atoms with Crippen LogP contribution < -0.4 is 10.8 Å². The zero-order valence-corrected chi connectivity index (χ0v) is 22.8. The number of carbonyl (C=O) groups excluding carboxylic acids is 2. The van der Waals surface area contributed by atoms with Gasteiger partial charge in [-0.15, -0.1) is 0 Å². The molecule has 0 radical (unpaired) electrons. The number of imidazole rings is 1. The van der Waals surface area contributed by atoms with Gasteiger partial charge in [0, 0.05) is 0 Å². The van der Waals surface area contributed by atoms with Crippen LogP contribution in [-0.2, 0) is 39.4 Å². The van der Waals surface area contributed by atoms with Gasteiger partial charge in [-0.25, -0.2) is 24.8 Å². The Morgan fingerprint density at radius 1 is 1.17 bits per heavy atom. The largest absolute Gasteiger partial charge is 0.464 e. The minimum atomic E-state index is -3.88. The van der Waals surface area contributed by atoms with Gasteiger partial charge >= 0.3 is 11.9 Å². The van der Waals surface area contributed by atoms with Crippen LogP contribution in [0.2, 0.25) is 0 Å². The van der Waals surface area contributed by atoms with Gasteiger partial charge in [-0.05, 0) is 40.5 Å². The van der Waals surface area contributed by atoms with E-state index < -0.39 is 44.1 Å². The van der Waals surface area contributed by atoms with E-state index in [4.69, 9.17) is 24.5 Å². The summed E-state index contributed by atoms with van der Waals surface area (Å²) in [6.07, 6.45) is 1.63. The van der Waals surface area contributed by atoms with Crippen LogP contribution in [0.15, 0.2) is 12.7 Å². The third-order valence-electron chi connectivity index (χ3n) is 4.68.